The first-order chi connectivity index (χ1) is 10.8. The third-order valence-corrected chi connectivity index (χ3v) is 6.06. The van der Waals surface area contributed by atoms with E-state index >= 15 is 0 Å². The number of carbonyl (C=O) groups is 1. The minimum Gasteiger partial charge on any atom is -0.353 e. The normalized spacial score (nSPS) is 24.7. The highest BCUT2D eigenvalue weighted by atomic mass is 35.5. The van der Waals surface area contributed by atoms with Crippen LogP contribution in [0.4, 0.5) is 0 Å². The van der Waals surface area contributed by atoms with Gasteiger partial charge in [0.25, 0.3) is 0 Å². The Morgan fingerprint density at radius 3 is 2.38 bits per heavy atom. The van der Waals surface area contributed by atoms with Crippen LogP contribution in [0.5, 0.6) is 0 Å². The molecule has 3 rings (SSSR count). The molecule has 0 bridgehead atoms. The SMILES string of the molecule is Cl.Cl.O=C(CCN1CCC2(CCNCC2)C1)NC1CCCCCC1. The summed E-state index contributed by atoms with van der Waals surface area (Å²) in [6, 6.07) is 0.448. The summed E-state index contributed by atoms with van der Waals surface area (Å²) in [7, 11) is 0. The Morgan fingerprint density at radius 1 is 1.04 bits per heavy atom. The van der Waals surface area contributed by atoms with Gasteiger partial charge in [0.05, 0.1) is 0 Å². The van der Waals surface area contributed by atoms with Gasteiger partial charge in [0.15, 0.2) is 0 Å². The number of hydrogen-bond acceptors (Lipinski definition) is 3. The van der Waals surface area contributed by atoms with E-state index in [1.807, 2.05) is 0 Å². The number of amides is 1. The number of hydrogen-bond donors (Lipinski definition) is 2. The maximum absolute atomic E-state index is 12.2. The lowest BCUT2D eigenvalue weighted by molar-refractivity contribution is -0.122. The summed E-state index contributed by atoms with van der Waals surface area (Å²) in [4.78, 5) is 14.7. The number of rotatable bonds is 4. The molecular weight excluding hydrogens is 345 g/mol. The lowest BCUT2D eigenvalue weighted by atomic mass is 9.78. The molecule has 2 aliphatic heterocycles. The number of piperidine rings is 1. The molecule has 142 valence electrons. The molecule has 6 heteroatoms. The van der Waals surface area contributed by atoms with Crippen LogP contribution in [0.3, 0.4) is 0 Å². The van der Waals surface area contributed by atoms with Gasteiger partial charge in [0.1, 0.15) is 0 Å². The molecule has 1 spiro atoms. The first-order valence-electron chi connectivity index (χ1n) is 9.48. The first-order valence-corrected chi connectivity index (χ1v) is 9.48. The molecule has 0 unspecified atom stereocenters. The molecule has 1 saturated carbocycles. The van der Waals surface area contributed by atoms with Crippen molar-refractivity contribution in [2.24, 2.45) is 5.41 Å². The van der Waals surface area contributed by atoms with Gasteiger partial charge in [0, 0.05) is 25.6 Å². The second kappa shape index (κ2) is 10.8. The van der Waals surface area contributed by atoms with Gasteiger partial charge in [0.2, 0.25) is 5.91 Å². The Labute approximate surface area is 159 Å². The van der Waals surface area contributed by atoms with Crippen LogP contribution in [0, 0.1) is 5.41 Å². The molecule has 3 aliphatic rings. The number of likely N-dealkylation sites (tertiary alicyclic amines) is 1. The van der Waals surface area contributed by atoms with Crippen LogP contribution in [-0.4, -0.2) is 49.6 Å². The van der Waals surface area contributed by atoms with Crippen LogP contribution < -0.4 is 10.6 Å². The molecule has 4 nitrogen and oxygen atoms in total. The van der Waals surface area contributed by atoms with E-state index in [0.29, 0.717) is 17.9 Å². The Morgan fingerprint density at radius 2 is 1.71 bits per heavy atom. The monoisotopic (exact) mass is 379 g/mol. The summed E-state index contributed by atoms with van der Waals surface area (Å²) in [5.74, 6) is 0.276. The molecule has 0 aromatic heterocycles. The number of nitrogens with one attached hydrogen (secondary N) is 2. The number of nitrogens with zero attached hydrogens (tertiary/aromatic N) is 1. The predicted molar refractivity (Wildman–Crippen MR) is 104 cm³/mol. The van der Waals surface area contributed by atoms with Gasteiger partial charge in [-0.2, -0.15) is 0 Å². The summed E-state index contributed by atoms with van der Waals surface area (Å²) >= 11 is 0. The molecule has 0 atom stereocenters. The molecule has 2 N–H and O–H groups in total. The molecule has 0 aromatic carbocycles. The van der Waals surface area contributed by atoms with Gasteiger partial charge in [-0.25, -0.2) is 0 Å². The molecule has 2 saturated heterocycles. The quantitative estimate of drug-likeness (QED) is 0.737. The van der Waals surface area contributed by atoms with Crippen LogP contribution in [-0.2, 0) is 4.79 Å². The van der Waals surface area contributed by atoms with E-state index in [9.17, 15) is 4.79 Å². The van der Waals surface area contributed by atoms with Crippen molar-refractivity contribution < 1.29 is 4.79 Å². The van der Waals surface area contributed by atoms with Crippen LogP contribution >= 0.6 is 24.8 Å². The second-order valence-electron chi connectivity index (χ2n) is 7.78. The average molecular weight is 380 g/mol. The molecule has 0 radical (unpaired) electrons. The van der Waals surface area contributed by atoms with Gasteiger partial charge in [-0.15, -0.1) is 24.8 Å². The van der Waals surface area contributed by atoms with Crippen LogP contribution in [0.1, 0.15) is 64.2 Å². The first kappa shape index (κ1) is 22.0. The van der Waals surface area contributed by atoms with Crippen molar-refractivity contribution in [1.82, 2.24) is 15.5 Å². The Balaban J connectivity index is 0.00000144. The highest BCUT2D eigenvalue weighted by Gasteiger charge is 2.38. The molecular formula is C18H35Cl2N3O. The maximum Gasteiger partial charge on any atom is 0.221 e. The Bertz CT molecular complexity index is 367. The minimum absolute atomic E-state index is 0. The summed E-state index contributed by atoms with van der Waals surface area (Å²) < 4.78 is 0. The third kappa shape index (κ3) is 6.36. The van der Waals surface area contributed by atoms with Crippen LogP contribution in [0.25, 0.3) is 0 Å². The van der Waals surface area contributed by atoms with Crippen molar-refractivity contribution in [2.75, 3.05) is 32.7 Å². The zero-order valence-electron chi connectivity index (χ0n) is 14.9. The van der Waals surface area contributed by atoms with E-state index in [4.69, 9.17) is 0 Å². The van der Waals surface area contributed by atoms with Gasteiger partial charge in [-0.3, -0.25) is 4.79 Å². The van der Waals surface area contributed by atoms with Crippen molar-refractivity contribution in [3.05, 3.63) is 0 Å². The van der Waals surface area contributed by atoms with E-state index in [1.54, 1.807) is 0 Å². The number of halogens is 2. The van der Waals surface area contributed by atoms with Gasteiger partial charge in [-0.05, 0) is 57.2 Å². The standard InChI is InChI=1S/C18H33N3O.2ClH/c22-17(20-16-5-3-1-2-4-6-16)7-13-21-14-10-18(15-21)8-11-19-12-9-18;;/h16,19H,1-15H2,(H,20,22);2*1H. The fraction of sp³-hybridized carbons (Fsp3) is 0.944. The Hall–Kier alpha value is -0.0300. The van der Waals surface area contributed by atoms with E-state index in [2.05, 4.69) is 15.5 Å². The van der Waals surface area contributed by atoms with Gasteiger partial charge in [-0.1, -0.05) is 25.7 Å². The largest absolute Gasteiger partial charge is 0.353 e. The maximum atomic E-state index is 12.2. The van der Waals surface area contributed by atoms with Crippen molar-refractivity contribution in [3.8, 4) is 0 Å². The molecule has 2 heterocycles. The zero-order chi connectivity index (χ0) is 15.3. The molecule has 0 aromatic rings. The average Bonchev–Trinajstić information content (AvgIpc) is 2.73. The van der Waals surface area contributed by atoms with Gasteiger partial charge < -0.3 is 15.5 Å². The van der Waals surface area contributed by atoms with Crippen molar-refractivity contribution in [2.45, 2.75) is 70.3 Å². The Kier molecular flexibility index (Phi) is 9.95. The topological polar surface area (TPSA) is 44.4 Å². The fourth-order valence-corrected chi connectivity index (χ4v) is 4.57. The predicted octanol–water partition coefficient (Wildman–Crippen LogP) is 3.13. The van der Waals surface area contributed by atoms with E-state index in [-0.39, 0.29) is 30.7 Å². The summed E-state index contributed by atoms with van der Waals surface area (Å²) in [5, 5.41) is 6.75. The zero-order valence-corrected chi connectivity index (χ0v) is 16.5. The highest BCUT2D eigenvalue weighted by molar-refractivity contribution is 5.85. The highest BCUT2D eigenvalue weighted by Crippen LogP contribution is 2.38. The van der Waals surface area contributed by atoms with Crippen molar-refractivity contribution >= 4 is 30.7 Å². The third-order valence-electron chi connectivity index (χ3n) is 6.06. The summed E-state index contributed by atoms with van der Waals surface area (Å²) in [6.07, 6.45) is 12.3. The number of carbonyl (C=O) groups excluding carboxylic acids is 1. The minimum atomic E-state index is 0. The smallest absolute Gasteiger partial charge is 0.221 e. The summed E-state index contributed by atoms with van der Waals surface area (Å²) in [6.45, 7) is 5.71. The lowest BCUT2D eigenvalue weighted by Gasteiger charge is -2.33. The lowest BCUT2D eigenvalue weighted by Crippen LogP contribution is -2.39. The molecule has 1 aliphatic carbocycles. The fourth-order valence-electron chi connectivity index (χ4n) is 4.57. The second-order valence-corrected chi connectivity index (χ2v) is 7.78. The van der Waals surface area contributed by atoms with Crippen molar-refractivity contribution in [3.63, 3.8) is 0 Å². The van der Waals surface area contributed by atoms with E-state index < -0.39 is 0 Å². The van der Waals surface area contributed by atoms with E-state index in [0.717, 1.165) is 6.54 Å². The van der Waals surface area contributed by atoms with Crippen LogP contribution in [0.15, 0.2) is 0 Å². The van der Waals surface area contributed by atoms with Crippen LogP contribution in [0.2, 0.25) is 0 Å². The molecule has 1 amide bonds. The van der Waals surface area contributed by atoms with Crippen molar-refractivity contribution in [1.29, 1.82) is 0 Å². The van der Waals surface area contributed by atoms with Gasteiger partial charge >= 0.3 is 0 Å². The summed E-state index contributed by atoms with van der Waals surface area (Å²) in [5.41, 5.74) is 0.559. The molecule has 3 fully saturated rings. The van der Waals surface area contributed by atoms with E-state index in [1.165, 1.54) is 84.0 Å². The molecule has 24 heavy (non-hydrogen) atoms.